The molecule has 1 atom stereocenters. The summed E-state index contributed by atoms with van der Waals surface area (Å²) in [5.74, 6) is 0.708. The number of nitrogens with one attached hydrogen (secondary N) is 2. The second kappa shape index (κ2) is 7.50. The molecule has 2 N–H and O–H groups in total. The molecule has 0 spiro atoms. The monoisotopic (exact) mass is 281 g/mol. The second-order valence-electron chi connectivity index (χ2n) is 6.02. The van der Waals surface area contributed by atoms with Gasteiger partial charge in [-0.1, -0.05) is 12.8 Å². The van der Waals surface area contributed by atoms with Crippen molar-refractivity contribution >= 4 is 11.9 Å². The van der Waals surface area contributed by atoms with Gasteiger partial charge in [0.25, 0.3) is 0 Å². The minimum absolute atomic E-state index is 0.0165. The van der Waals surface area contributed by atoms with Gasteiger partial charge in [-0.25, -0.2) is 4.79 Å². The van der Waals surface area contributed by atoms with Crippen LogP contribution in [-0.4, -0.2) is 42.5 Å². The summed E-state index contributed by atoms with van der Waals surface area (Å²) in [4.78, 5) is 25.0. The van der Waals surface area contributed by atoms with Gasteiger partial charge < -0.3 is 15.5 Å². The minimum Gasteiger partial charge on any atom is -0.356 e. The van der Waals surface area contributed by atoms with Crippen LogP contribution >= 0.6 is 0 Å². The van der Waals surface area contributed by atoms with Gasteiger partial charge in [0, 0.05) is 32.6 Å². The Morgan fingerprint density at radius 2 is 1.75 bits per heavy atom. The van der Waals surface area contributed by atoms with Crippen LogP contribution in [0.2, 0.25) is 0 Å². The molecule has 2 fully saturated rings. The molecule has 0 radical (unpaired) electrons. The molecule has 0 unspecified atom stereocenters. The van der Waals surface area contributed by atoms with E-state index in [0.29, 0.717) is 19.1 Å². The van der Waals surface area contributed by atoms with Gasteiger partial charge in [0.1, 0.15) is 0 Å². The molecule has 1 saturated heterocycles. The fourth-order valence-corrected chi connectivity index (χ4v) is 3.53. The van der Waals surface area contributed by atoms with Gasteiger partial charge in [0.05, 0.1) is 0 Å². The molecular formula is C15H27N3O2. The molecule has 5 nitrogen and oxygen atoms in total. The molecule has 20 heavy (non-hydrogen) atoms. The number of hydrogen-bond donors (Lipinski definition) is 2. The van der Waals surface area contributed by atoms with E-state index in [0.717, 1.165) is 25.3 Å². The molecule has 3 amide bonds. The van der Waals surface area contributed by atoms with E-state index in [4.69, 9.17) is 0 Å². The van der Waals surface area contributed by atoms with Crippen molar-refractivity contribution in [3.05, 3.63) is 0 Å². The first-order valence-electron chi connectivity index (χ1n) is 7.97. The number of urea groups is 1. The smallest absolute Gasteiger partial charge is 0.317 e. The van der Waals surface area contributed by atoms with Crippen molar-refractivity contribution in [3.8, 4) is 0 Å². The van der Waals surface area contributed by atoms with E-state index >= 15 is 0 Å². The zero-order valence-corrected chi connectivity index (χ0v) is 12.5. The standard InChI is InChI=1S/C15H27N3O2/c1-12(19)16-9-5-10-17-15(20)18-11-4-8-14(18)13-6-2-3-7-13/h13-14H,2-11H2,1H3,(H,16,19)(H,17,20)/t14-/m0/s1. The summed E-state index contributed by atoms with van der Waals surface area (Å²) in [6.45, 7) is 3.67. The Balaban J connectivity index is 1.69. The van der Waals surface area contributed by atoms with E-state index in [-0.39, 0.29) is 11.9 Å². The molecule has 5 heteroatoms. The lowest BCUT2D eigenvalue weighted by Gasteiger charge is -2.29. The lowest BCUT2D eigenvalue weighted by Crippen LogP contribution is -2.45. The Morgan fingerprint density at radius 1 is 1.05 bits per heavy atom. The Labute approximate surface area is 121 Å². The van der Waals surface area contributed by atoms with Crippen molar-refractivity contribution in [2.45, 2.75) is 57.9 Å². The number of carbonyl (C=O) groups is 2. The maximum absolute atomic E-state index is 12.2. The van der Waals surface area contributed by atoms with Crippen LogP contribution in [0.3, 0.4) is 0 Å². The largest absolute Gasteiger partial charge is 0.356 e. The maximum Gasteiger partial charge on any atom is 0.317 e. The van der Waals surface area contributed by atoms with E-state index in [9.17, 15) is 9.59 Å². The zero-order valence-electron chi connectivity index (χ0n) is 12.5. The van der Waals surface area contributed by atoms with Crippen LogP contribution in [0, 0.1) is 5.92 Å². The predicted molar refractivity (Wildman–Crippen MR) is 78.4 cm³/mol. The lowest BCUT2D eigenvalue weighted by molar-refractivity contribution is -0.118. The van der Waals surface area contributed by atoms with Crippen molar-refractivity contribution < 1.29 is 9.59 Å². The van der Waals surface area contributed by atoms with Gasteiger partial charge in [0.2, 0.25) is 5.91 Å². The normalized spacial score (nSPS) is 23.1. The predicted octanol–water partition coefficient (Wildman–Crippen LogP) is 1.88. The van der Waals surface area contributed by atoms with E-state index in [1.807, 2.05) is 4.90 Å². The van der Waals surface area contributed by atoms with Gasteiger partial charge in [-0.2, -0.15) is 0 Å². The van der Waals surface area contributed by atoms with Crippen LogP contribution in [0.1, 0.15) is 51.9 Å². The summed E-state index contributed by atoms with van der Waals surface area (Å²) in [5.41, 5.74) is 0. The first-order chi connectivity index (χ1) is 9.68. The highest BCUT2D eigenvalue weighted by Crippen LogP contribution is 2.35. The van der Waals surface area contributed by atoms with Gasteiger partial charge in [0.15, 0.2) is 0 Å². The average molecular weight is 281 g/mol. The third-order valence-corrected chi connectivity index (χ3v) is 4.51. The maximum atomic E-state index is 12.2. The number of nitrogens with zero attached hydrogens (tertiary/aromatic N) is 1. The molecule has 0 aromatic carbocycles. The summed E-state index contributed by atoms with van der Waals surface area (Å²) >= 11 is 0. The SMILES string of the molecule is CC(=O)NCCCNC(=O)N1CCC[C@H]1C1CCCC1. The summed E-state index contributed by atoms with van der Waals surface area (Å²) in [6, 6.07) is 0.551. The van der Waals surface area contributed by atoms with Gasteiger partial charge in [-0.05, 0) is 38.0 Å². The molecule has 0 aromatic heterocycles. The number of amides is 3. The van der Waals surface area contributed by atoms with Crippen molar-refractivity contribution in [1.29, 1.82) is 0 Å². The number of hydrogen-bond acceptors (Lipinski definition) is 2. The molecule has 1 aliphatic carbocycles. The van der Waals surface area contributed by atoms with Gasteiger partial charge in [-0.15, -0.1) is 0 Å². The molecule has 0 bridgehead atoms. The zero-order chi connectivity index (χ0) is 14.4. The fraction of sp³-hybridized carbons (Fsp3) is 0.867. The van der Waals surface area contributed by atoms with Crippen LogP contribution in [0.5, 0.6) is 0 Å². The molecule has 2 aliphatic rings. The van der Waals surface area contributed by atoms with Crippen LogP contribution in [0.4, 0.5) is 4.79 Å². The number of carbonyl (C=O) groups excluding carboxylic acids is 2. The van der Waals surface area contributed by atoms with Gasteiger partial charge in [-0.3, -0.25) is 4.79 Å². The average Bonchev–Trinajstić information content (AvgIpc) is 3.08. The highest BCUT2D eigenvalue weighted by atomic mass is 16.2. The van der Waals surface area contributed by atoms with Crippen LogP contribution < -0.4 is 10.6 Å². The summed E-state index contributed by atoms with van der Waals surface area (Å²) < 4.78 is 0. The molecule has 0 aromatic rings. The highest BCUT2D eigenvalue weighted by Gasteiger charge is 2.35. The fourth-order valence-electron chi connectivity index (χ4n) is 3.53. The topological polar surface area (TPSA) is 61.4 Å². The molecular weight excluding hydrogens is 254 g/mol. The van der Waals surface area contributed by atoms with Crippen molar-refractivity contribution in [3.63, 3.8) is 0 Å². The van der Waals surface area contributed by atoms with Crippen LogP contribution in [-0.2, 0) is 4.79 Å². The Kier molecular flexibility index (Phi) is 5.68. The number of likely N-dealkylation sites (tertiary alicyclic amines) is 1. The Bertz CT molecular complexity index is 340. The van der Waals surface area contributed by atoms with Crippen molar-refractivity contribution in [2.75, 3.05) is 19.6 Å². The summed E-state index contributed by atoms with van der Waals surface area (Å²) in [7, 11) is 0. The molecule has 2 rings (SSSR count). The van der Waals surface area contributed by atoms with Gasteiger partial charge >= 0.3 is 6.03 Å². The highest BCUT2D eigenvalue weighted by molar-refractivity contribution is 5.75. The Hall–Kier alpha value is -1.26. The third-order valence-electron chi connectivity index (χ3n) is 4.51. The molecule has 1 saturated carbocycles. The molecule has 1 heterocycles. The lowest BCUT2D eigenvalue weighted by atomic mass is 9.96. The number of rotatable bonds is 5. The van der Waals surface area contributed by atoms with Crippen LogP contribution in [0.25, 0.3) is 0 Å². The summed E-state index contributed by atoms with van der Waals surface area (Å²) in [5, 5.41) is 5.73. The molecule has 114 valence electrons. The third kappa shape index (κ3) is 4.12. The first kappa shape index (κ1) is 15.1. The van der Waals surface area contributed by atoms with Crippen LogP contribution in [0.15, 0.2) is 0 Å². The van der Waals surface area contributed by atoms with Crippen molar-refractivity contribution in [1.82, 2.24) is 15.5 Å². The summed E-state index contributed by atoms with van der Waals surface area (Å²) in [6.07, 6.45) is 8.33. The quantitative estimate of drug-likeness (QED) is 0.756. The second-order valence-corrected chi connectivity index (χ2v) is 6.02. The van der Waals surface area contributed by atoms with Crippen molar-refractivity contribution in [2.24, 2.45) is 5.92 Å². The van der Waals surface area contributed by atoms with E-state index in [1.165, 1.54) is 39.0 Å². The van der Waals surface area contributed by atoms with E-state index in [1.54, 1.807) is 0 Å². The Morgan fingerprint density at radius 3 is 2.45 bits per heavy atom. The molecule has 1 aliphatic heterocycles. The minimum atomic E-state index is -0.0165. The first-order valence-corrected chi connectivity index (χ1v) is 7.97. The van der Waals surface area contributed by atoms with E-state index < -0.39 is 0 Å². The van der Waals surface area contributed by atoms with E-state index in [2.05, 4.69) is 10.6 Å².